The molecule has 0 radical (unpaired) electrons. The van der Waals surface area contributed by atoms with Gasteiger partial charge in [0, 0.05) is 39.3 Å². The van der Waals surface area contributed by atoms with Crippen molar-refractivity contribution in [1.29, 1.82) is 0 Å². The molecule has 1 amide bonds. The molecular weight excluding hydrogens is 550 g/mol. The van der Waals surface area contributed by atoms with Crippen molar-refractivity contribution in [2.24, 2.45) is 23.7 Å². The van der Waals surface area contributed by atoms with Crippen LogP contribution < -0.4 is 0 Å². The second kappa shape index (κ2) is 16.4. The Morgan fingerprint density at radius 3 is 2.49 bits per heavy atom. The van der Waals surface area contributed by atoms with Gasteiger partial charge in [0.2, 0.25) is 0 Å². The van der Waals surface area contributed by atoms with Crippen LogP contribution in [0.5, 0.6) is 0 Å². The van der Waals surface area contributed by atoms with Gasteiger partial charge in [0.05, 0.1) is 12.2 Å². The fraction of sp³-hybridized carbons (Fsp3) is 0.735. The first-order chi connectivity index (χ1) is 20.0. The molecule has 9 nitrogen and oxygen atoms in total. The Bertz CT molecular complexity index is 1030. The number of aliphatic hydroxyl groups is 1. The van der Waals surface area contributed by atoms with Crippen molar-refractivity contribution in [3.63, 3.8) is 0 Å². The van der Waals surface area contributed by atoms with E-state index < -0.39 is 23.8 Å². The van der Waals surface area contributed by atoms with Crippen LogP contribution in [0.3, 0.4) is 0 Å². The molecule has 1 fully saturated rings. The highest BCUT2D eigenvalue weighted by Gasteiger charge is 2.46. The third-order valence-electron chi connectivity index (χ3n) is 8.49. The molecule has 2 aliphatic heterocycles. The quantitative estimate of drug-likeness (QED) is 0.106. The lowest BCUT2D eigenvalue weighted by Crippen LogP contribution is -2.41. The van der Waals surface area contributed by atoms with E-state index in [0.29, 0.717) is 12.8 Å². The van der Waals surface area contributed by atoms with Crippen LogP contribution in [-0.2, 0) is 28.5 Å². The summed E-state index contributed by atoms with van der Waals surface area (Å²) in [5, 5.41) is 11.1. The molecule has 0 aromatic carbocycles. The van der Waals surface area contributed by atoms with Gasteiger partial charge in [-0.3, -0.25) is 9.59 Å². The first kappa shape index (κ1) is 36.5. The van der Waals surface area contributed by atoms with Crippen molar-refractivity contribution in [3.05, 3.63) is 36.0 Å². The first-order valence-electron chi connectivity index (χ1n) is 15.7. The van der Waals surface area contributed by atoms with Crippen LogP contribution in [0.15, 0.2) is 36.0 Å². The van der Waals surface area contributed by atoms with Crippen LogP contribution in [0.4, 0.5) is 4.79 Å². The van der Waals surface area contributed by atoms with Crippen molar-refractivity contribution >= 4 is 18.0 Å². The van der Waals surface area contributed by atoms with E-state index in [1.165, 1.54) is 11.8 Å². The van der Waals surface area contributed by atoms with Crippen molar-refractivity contribution in [1.82, 2.24) is 4.90 Å². The number of allylic oxidation sites excluding steroid dienone is 3. The zero-order chi connectivity index (χ0) is 32.5. The van der Waals surface area contributed by atoms with Gasteiger partial charge in [-0.25, -0.2) is 4.79 Å². The number of cyclic esters (lactones) is 1. The molecule has 1 N–H and O–H groups in total. The minimum Gasteiger partial charge on any atom is -0.457 e. The van der Waals surface area contributed by atoms with Gasteiger partial charge < -0.3 is 29.0 Å². The average Bonchev–Trinajstić information content (AvgIpc) is 3.68. The molecule has 0 aromatic rings. The molecule has 2 rings (SSSR count). The van der Waals surface area contributed by atoms with E-state index in [1.807, 2.05) is 45.9 Å². The summed E-state index contributed by atoms with van der Waals surface area (Å²) in [5.41, 5.74) is -0.369. The summed E-state index contributed by atoms with van der Waals surface area (Å²) < 4.78 is 23.0. The smallest absolute Gasteiger partial charge is 0.409 e. The van der Waals surface area contributed by atoms with Crippen molar-refractivity contribution in [2.45, 2.75) is 124 Å². The molecule has 2 heterocycles. The Kier molecular flexibility index (Phi) is 14.0. The Hall–Kier alpha value is -2.65. The maximum atomic E-state index is 12.8. The van der Waals surface area contributed by atoms with Crippen molar-refractivity contribution in [2.75, 3.05) is 14.1 Å². The SMILES string of the molecule is CCC(OC(=O)N(C)C)C(C)C1OC1CC(C)/C=C/C=C(\C)C1OC(=O)CC(C)CCC(C)(O)C(OC(C)=O)/C=C/C1C. The van der Waals surface area contributed by atoms with Gasteiger partial charge in [0.25, 0.3) is 0 Å². The zero-order valence-electron chi connectivity index (χ0n) is 27.9. The normalized spacial score (nSPS) is 33.3. The van der Waals surface area contributed by atoms with E-state index in [-0.39, 0.29) is 60.5 Å². The van der Waals surface area contributed by atoms with Gasteiger partial charge in [0.15, 0.2) is 0 Å². The number of esters is 2. The van der Waals surface area contributed by atoms with Gasteiger partial charge >= 0.3 is 18.0 Å². The third-order valence-corrected chi connectivity index (χ3v) is 8.49. The molecular formula is C34H55NO8. The van der Waals surface area contributed by atoms with Crippen LogP contribution in [0.1, 0.15) is 87.5 Å². The van der Waals surface area contributed by atoms with Gasteiger partial charge in [-0.1, -0.05) is 58.9 Å². The Morgan fingerprint density at radius 2 is 1.88 bits per heavy atom. The number of hydrogen-bond acceptors (Lipinski definition) is 8. The van der Waals surface area contributed by atoms with Crippen molar-refractivity contribution in [3.8, 4) is 0 Å². The van der Waals surface area contributed by atoms with E-state index in [2.05, 4.69) is 19.9 Å². The summed E-state index contributed by atoms with van der Waals surface area (Å²) in [7, 11) is 3.36. The van der Waals surface area contributed by atoms with Crippen molar-refractivity contribution < 1.29 is 38.4 Å². The summed E-state index contributed by atoms with van der Waals surface area (Å²) in [6.45, 7) is 15.1. The molecule has 0 aromatic heterocycles. The number of carbonyl (C=O) groups excluding carboxylic acids is 3. The predicted molar refractivity (Wildman–Crippen MR) is 166 cm³/mol. The number of amides is 1. The molecule has 244 valence electrons. The van der Waals surface area contributed by atoms with E-state index in [0.717, 1.165) is 18.4 Å². The fourth-order valence-corrected chi connectivity index (χ4v) is 5.56. The molecule has 43 heavy (non-hydrogen) atoms. The molecule has 10 atom stereocenters. The molecule has 2 aliphatic rings. The van der Waals surface area contributed by atoms with E-state index in [1.54, 1.807) is 27.1 Å². The molecule has 0 bridgehead atoms. The minimum absolute atomic E-state index is 0.00479. The van der Waals surface area contributed by atoms with Gasteiger partial charge in [-0.2, -0.15) is 0 Å². The van der Waals surface area contributed by atoms with E-state index in [9.17, 15) is 19.5 Å². The number of epoxide rings is 1. The highest BCUT2D eigenvalue weighted by molar-refractivity contribution is 5.70. The maximum absolute atomic E-state index is 12.8. The van der Waals surface area contributed by atoms with E-state index >= 15 is 0 Å². The molecule has 1 saturated heterocycles. The summed E-state index contributed by atoms with van der Waals surface area (Å²) in [6.07, 6.45) is 10.8. The lowest BCUT2D eigenvalue weighted by atomic mass is 9.87. The van der Waals surface area contributed by atoms with Crippen LogP contribution in [-0.4, -0.2) is 78.3 Å². The molecule has 9 heteroatoms. The summed E-state index contributed by atoms with van der Waals surface area (Å²) >= 11 is 0. The number of nitrogens with zero attached hydrogens (tertiary/aromatic N) is 1. The lowest BCUT2D eigenvalue weighted by molar-refractivity contribution is -0.156. The topological polar surface area (TPSA) is 115 Å². The van der Waals surface area contributed by atoms with Crippen LogP contribution in [0, 0.1) is 23.7 Å². The number of carbonyl (C=O) groups is 3. The first-order valence-corrected chi connectivity index (χ1v) is 15.7. The fourth-order valence-electron chi connectivity index (χ4n) is 5.56. The minimum atomic E-state index is -1.26. The summed E-state index contributed by atoms with van der Waals surface area (Å²) in [6, 6.07) is 0. The van der Waals surface area contributed by atoms with Crippen LogP contribution >= 0.6 is 0 Å². The monoisotopic (exact) mass is 605 g/mol. The average molecular weight is 606 g/mol. The standard InChI is InChI=1S/C34H55NO8/c1-11-27(42-33(38)35(9)10)25(6)32-28(41-32)19-21(2)13-12-14-23(4)31-24(5)15-16-29(40-26(7)36)34(8,39)18-17-22(3)20-30(37)43-31/h12-16,21-22,24-25,27-29,31-32,39H,11,17-20H2,1-10H3/b13-12+,16-15+,23-14+. The maximum Gasteiger partial charge on any atom is 0.409 e. The number of hydrogen-bond donors (Lipinski definition) is 1. The zero-order valence-corrected chi connectivity index (χ0v) is 27.9. The van der Waals surface area contributed by atoms with Gasteiger partial charge in [-0.15, -0.1) is 0 Å². The summed E-state index contributed by atoms with van der Waals surface area (Å²) in [4.78, 5) is 38.0. The van der Waals surface area contributed by atoms with E-state index in [4.69, 9.17) is 18.9 Å². The number of ether oxygens (including phenoxy) is 4. The Morgan fingerprint density at radius 1 is 1.21 bits per heavy atom. The lowest BCUT2D eigenvalue weighted by Gasteiger charge is -2.32. The highest BCUT2D eigenvalue weighted by atomic mass is 16.6. The molecule has 0 aliphatic carbocycles. The largest absolute Gasteiger partial charge is 0.457 e. The summed E-state index contributed by atoms with van der Waals surface area (Å²) in [5.74, 6) is -0.590. The predicted octanol–water partition coefficient (Wildman–Crippen LogP) is 6.00. The molecule has 0 spiro atoms. The Balaban J connectivity index is 2.08. The highest BCUT2D eigenvalue weighted by Crippen LogP contribution is 2.37. The van der Waals surface area contributed by atoms with Gasteiger partial charge in [0.1, 0.15) is 23.9 Å². The number of rotatable bonds is 10. The van der Waals surface area contributed by atoms with Crippen LogP contribution in [0.2, 0.25) is 0 Å². The van der Waals surface area contributed by atoms with Gasteiger partial charge in [-0.05, 0) is 63.0 Å². The molecule has 10 unspecified atom stereocenters. The van der Waals surface area contributed by atoms with Crippen LogP contribution in [0.25, 0.3) is 0 Å². The second-order valence-corrected chi connectivity index (χ2v) is 13.1. The second-order valence-electron chi connectivity index (χ2n) is 13.1. The third kappa shape index (κ3) is 11.8. The molecule has 0 saturated carbocycles. The Labute approximate surface area is 258 Å².